The van der Waals surface area contributed by atoms with Crippen molar-refractivity contribution in [1.82, 2.24) is 0 Å². The molecule has 1 aromatic rings. The van der Waals surface area contributed by atoms with Gasteiger partial charge in [-0.1, -0.05) is 42.5 Å². The van der Waals surface area contributed by atoms with Crippen LogP contribution in [0.3, 0.4) is 0 Å². The monoisotopic (exact) mass is 298 g/mol. The van der Waals surface area contributed by atoms with Crippen LogP contribution in [-0.4, -0.2) is 25.3 Å². The van der Waals surface area contributed by atoms with E-state index in [0.29, 0.717) is 26.1 Å². The maximum atomic E-state index is 12.2. The van der Waals surface area contributed by atoms with Gasteiger partial charge >= 0.3 is 0 Å². The topological polar surface area (TPSA) is 35.5 Å². The molecule has 22 heavy (non-hydrogen) atoms. The fraction of sp³-hybridized carbons (Fsp3) is 0.421. The molecule has 3 nitrogen and oxygen atoms in total. The summed E-state index contributed by atoms with van der Waals surface area (Å²) in [5.41, 5.74) is 1.58. The molecule has 2 unspecified atom stereocenters. The summed E-state index contributed by atoms with van der Waals surface area (Å²) in [6, 6.07) is 8.08. The van der Waals surface area contributed by atoms with Crippen molar-refractivity contribution >= 4 is 12.4 Å². The second kappa shape index (κ2) is 5.82. The van der Waals surface area contributed by atoms with Crippen molar-refractivity contribution in [2.75, 3.05) is 13.2 Å². The summed E-state index contributed by atoms with van der Waals surface area (Å²) in [4.78, 5) is 12.2. The van der Waals surface area contributed by atoms with E-state index in [1.54, 1.807) is 0 Å². The Morgan fingerprint density at radius 3 is 2.68 bits per heavy atom. The normalized spacial score (nSPS) is 29.0. The van der Waals surface area contributed by atoms with Gasteiger partial charge in [-0.3, -0.25) is 0 Å². The lowest BCUT2D eigenvalue weighted by Gasteiger charge is -2.39. The Balaban J connectivity index is 1.96. The van der Waals surface area contributed by atoms with E-state index in [0.717, 1.165) is 17.4 Å². The molecule has 1 fully saturated rings. The molecule has 116 valence electrons. The van der Waals surface area contributed by atoms with Crippen molar-refractivity contribution in [2.45, 2.75) is 31.0 Å². The Hall–Kier alpha value is -1.71. The molecule has 0 saturated carbocycles. The highest BCUT2D eigenvalue weighted by Gasteiger charge is 2.43. The van der Waals surface area contributed by atoms with Crippen LogP contribution in [0.5, 0.6) is 0 Å². The zero-order valence-corrected chi connectivity index (χ0v) is 13.0. The number of allylic oxidation sites excluding steroid dienone is 2. The number of rotatable bonds is 5. The molecular formula is C19H22O3. The lowest BCUT2D eigenvalue weighted by Crippen LogP contribution is -2.40. The average Bonchev–Trinajstić information content (AvgIpc) is 2.99. The van der Waals surface area contributed by atoms with Gasteiger partial charge in [-0.05, 0) is 24.5 Å². The minimum atomic E-state index is -0.592. The summed E-state index contributed by atoms with van der Waals surface area (Å²) < 4.78 is 11.4. The smallest absolute Gasteiger partial charge is 0.165 e. The summed E-state index contributed by atoms with van der Waals surface area (Å²) in [6.07, 6.45) is 8.44. The van der Waals surface area contributed by atoms with Crippen LogP contribution >= 0.6 is 0 Å². The number of hydrogen-bond donors (Lipinski definition) is 0. The van der Waals surface area contributed by atoms with Crippen molar-refractivity contribution in [3.05, 3.63) is 54.1 Å². The summed E-state index contributed by atoms with van der Waals surface area (Å²) in [5.74, 6) is -0.595. The standard InChI is InChI=1S/C19H22O3/c1-3-16-9-8-15-6-4-5-7-17(15)19(16,14-20)11-10-18(2)21-12-13-22-18/h3-9,14,16H,1,10-13H2,2H3. The van der Waals surface area contributed by atoms with E-state index < -0.39 is 11.2 Å². The van der Waals surface area contributed by atoms with Gasteiger partial charge in [0.25, 0.3) is 0 Å². The Kier molecular flexibility index (Phi) is 4.02. The highest BCUT2D eigenvalue weighted by Crippen LogP contribution is 2.44. The number of ether oxygens (including phenoxy) is 2. The first-order chi connectivity index (χ1) is 10.6. The predicted molar refractivity (Wildman–Crippen MR) is 86.4 cm³/mol. The molecule has 0 N–H and O–H groups in total. The van der Waals surface area contributed by atoms with E-state index in [1.165, 1.54) is 0 Å². The molecular weight excluding hydrogens is 276 g/mol. The number of aldehydes is 1. The van der Waals surface area contributed by atoms with Crippen LogP contribution in [0.25, 0.3) is 6.08 Å². The third-order valence-corrected chi connectivity index (χ3v) is 4.90. The van der Waals surface area contributed by atoms with Crippen LogP contribution < -0.4 is 0 Å². The summed E-state index contributed by atoms with van der Waals surface area (Å²) in [5, 5.41) is 0. The maximum Gasteiger partial charge on any atom is 0.165 e. The Bertz CT molecular complexity index is 598. The van der Waals surface area contributed by atoms with Crippen molar-refractivity contribution in [2.24, 2.45) is 5.92 Å². The van der Waals surface area contributed by atoms with Crippen LogP contribution in [0, 0.1) is 5.92 Å². The summed E-state index contributed by atoms with van der Waals surface area (Å²) >= 11 is 0. The zero-order valence-electron chi connectivity index (χ0n) is 13.0. The molecule has 1 aromatic carbocycles. The number of carbonyl (C=O) groups excluding carboxylic acids is 1. The van der Waals surface area contributed by atoms with Gasteiger partial charge in [0, 0.05) is 12.3 Å². The Labute approximate surface area is 131 Å². The second-order valence-corrected chi connectivity index (χ2v) is 6.20. The molecule has 2 aliphatic rings. The van der Waals surface area contributed by atoms with E-state index in [4.69, 9.17) is 9.47 Å². The first-order valence-corrected chi connectivity index (χ1v) is 7.78. The van der Waals surface area contributed by atoms with Crippen LogP contribution in [0.4, 0.5) is 0 Å². The molecule has 0 bridgehead atoms. The SMILES string of the molecule is C=CC1C=Cc2ccccc2C1(C=O)CCC1(C)OCCO1. The lowest BCUT2D eigenvalue weighted by molar-refractivity contribution is -0.151. The number of hydrogen-bond acceptors (Lipinski definition) is 3. The molecule has 2 atom stereocenters. The molecule has 0 aromatic heterocycles. The van der Waals surface area contributed by atoms with Crippen molar-refractivity contribution in [3.8, 4) is 0 Å². The fourth-order valence-electron chi connectivity index (χ4n) is 3.55. The molecule has 0 amide bonds. The van der Waals surface area contributed by atoms with Gasteiger partial charge in [0.05, 0.1) is 18.6 Å². The third kappa shape index (κ3) is 2.44. The van der Waals surface area contributed by atoms with E-state index in [2.05, 4.69) is 18.7 Å². The largest absolute Gasteiger partial charge is 0.348 e. The first-order valence-electron chi connectivity index (χ1n) is 7.78. The summed E-state index contributed by atoms with van der Waals surface area (Å²) in [6.45, 7) is 7.11. The molecule has 0 spiro atoms. The number of carbonyl (C=O) groups is 1. The molecule has 3 heteroatoms. The van der Waals surface area contributed by atoms with Gasteiger partial charge < -0.3 is 14.3 Å². The first kappa shape index (κ1) is 15.2. The lowest BCUT2D eigenvalue weighted by atomic mass is 9.64. The van der Waals surface area contributed by atoms with E-state index >= 15 is 0 Å². The van der Waals surface area contributed by atoms with Crippen LogP contribution in [0.2, 0.25) is 0 Å². The van der Waals surface area contributed by atoms with Gasteiger partial charge in [0.1, 0.15) is 6.29 Å². The fourth-order valence-corrected chi connectivity index (χ4v) is 3.55. The van der Waals surface area contributed by atoms with Gasteiger partial charge in [0.15, 0.2) is 5.79 Å². The predicted octanol–water partition coefficient (Wildman–Crippen LogP) is 3.50. The maximum absolute atomic E-state index is 12.2. The second-order valence-electron chi connectivity index (χ2n) is 6.20. The van der Waals surface area contributed by atoms with Crippen LogP contribution in [0.1, 0.15) is 30.9 Å². The molecule has 1 heterocycles. The highest BCUT2D eigenvalue weighted by atomic mass is 16.7. The van der Waals surface area contributed by atoms with Crippen molar-refractivity contribution < 1.29 is 14.3 Å². The number of benzene rings is 1. The van der Waals surface area contributed by atoms with E-state index in [-0.39, 0.29) is 5.92 Å². The minimum Gasteiger partial charge on any atom is -0.348 e. The van der Waals surface area contributed by atoms with Crippen LogP contribution in [0.15, 0.2) is 43.0 Å². The zero-order chi connectivity index (χ0) is 15.6. The Morgan fingerprint density at radius 2 is 2.00 bits per heavy atom. The van der Waals surface area contributed by atoms with E-state index in [9.17, 15) is 4.79 Å². The van der Waals surface area contributed by atoms with Gasteiger partial charge in [-0.15, -0.1) is 6.58 Å². The average molecular weight is 298 g/mol. The van der Waals surface area contributed by atoms with Gasteiger partial charge in [-0.2, -0.15) is 0 Å². The number of fused-ring (bicyclic) bond motifs is 1. The molecule has 3 rings (SSSR count). The van der Waals surface area contributed by atoms with Crippen LogP contribution in [-0.2, 0) is 19.7 Å². The van der Waals surface area contributed by atoms with Gasteiger partial charge in [-0.25, -0.2) is 0 Å². The van der Waals surface area contributed by atoms with E-state index in [1.807, 2.05) is 37.3 Å². The third-order valence-electron chi connectivity index (χ3n) is 4.90. The molecule has 1 saturated heterocycles. The van der Waals surface area contributed by atoms with Gasteiger partial charge in [0.2, 0.25) is 0 Å². The van der Waals surface area contributed by atoms with Crippen molar-refractivity contribution in [3.63, 3.8) is 0 Å². The van der Waals surface area contributed by atoms with Crippen molar-refractivity contribution in [1.29, 1.82) is 0 Å². The minimum absolute atomic E-state index is 0.00935. The quantitative estimate of drug-likeness (QED) is 0.616. The molecule has 1 aliphatic carbocycles. The molecule has 1 aliphatic heterocycles. The summed E-state index contributed by atoms with van der Waals surface area (Å²) in [7, 11) is 0. The molecule has 0 radical (unpaired) electrons. The highest BCUT2D eigenvalue weighted by molar-refractivity contribution is 5.77. The Morgan fingerprint density at radius 1 is 1.27 bits per heavy atom.